The number of thioether (sulfide) groups is 4. The lowest BCUT2D eigenvalue weighted by Gasteiger charge is -2.04. The molecule has 0 saturated carbocycles. The van der Waals surface area contributed by atoms with Gasteiger partial charge in [0.15, 0.2) is 0 Å². The van der Waals surface area contributed by atoms with Crippen LogP contribution in [0.25, 0.3) is 0 Å². The fourth-order valence-corrected chi connectivity index (χ4v) is 3.65. The number of hydrogen-bond acceptors (Lipinski definition) is 18. The van der Waals surface area contributed by atoms with Crippen LogP contribution in [0.15, 0.2) is 29.2 Å². The largest absolute Gasteiger partial charge is 0.449 e. The molecule has 2 aliphatic heterocycles. The van der Waals surface area contributed by atoms with Gasteiger partial charge in [0.25, 0.3) is 0 Å². The van der Waals surface area contributed by atoms with Crippen LogP contribution in [-0.2, 0) is 35.3 Å². The maximum absolute atomic E-state index is 10.8. The Labute approximate surface area is 315 Å². The minimum absolute atomic E-state index is 0.250. The van der Waals surface area contributed by atoms with E-state index < -0.39 is 6.09 Å². The summed E-state index contributed by atoms with van der Waals surface area (Å²) < 4.78 is 9.62. The molecule has 278 valence electrons. The molecule has 0 bridgehead atoms. The van der Waals surface area contributed by atoms with Crippen LogP contribution in [0.4, 0.5) is 9.59 Å². The Morgan fingerprint density at radius 3 is 1.34 bits per heavy atom. The zero-order valence-electron chi connectivity index (χ0n) is 28.9. The highest BCUT2D eigenvalue weighted by Gasteiger charge is 2.00. The molecule has 2 amide bonds. The number of hydrogen-bond donors (Lipinski definition) is 4. The molecule has 2 saturated heterocycles. The average molecular weight is 819 g/mol. The summed E-state index contributed by atoms with van der Waals surface area (Å²) in [7, 11) is 12.8. The van der Waals surface area contributed by atoms with Gasteiger partial charge in [-0.25, -0.2) is 9.59 Å². The fourth-order valence-electron chi connectivity index (χ4n) is 1.28. The Hall–Kier alpha value is -0.760. The van der Waals surface area contributed by atoms with Crippen molar-refractivity contribution < 1.29 is 38.2 Å². The first-order valence-corrected chi connectivity index (χ1v) is 23.8. The van der Waals surface area contributed by atoms with Crippen molar-refractivity contribution in [2.45, 2.75) is 11.5 Å². The third-order valence-electron chi connectivity index (χ3n) is 2.81. The molecule has 2 fully saturated rings. The van der Waals surface area contributed by atoms with E-state index in [9.17, 15) is 9.59 Å². The van der Waals surface area contributed by atoms with Crippen molar-refractivity contribution in [3.05, 3.63) is 29.8 Å². The van der Waals surface area contributed by atoms with Crippen molar-refractivity contribution in [2.24, 2.45) is 11.5 Å². The second-order valence-corrected chi connectivity index (χ2v) is 15.5. The lowest BCUT2D eigenvalue weighted by molar-refractivity contribution is -0.193. The molecule has 12 nitrogen and oxygen atoms in total. The van der Waals surface area contributed by atoms with E-state index in [4.69, 9.17) is 28.7 Å². The van der Waals surface area contributed by atoms with Crippen molar-refractivity contribution in [2.75, 3.05) is 101 Å². The Kier molecular flexibility index (Phi) is 88.2. The van der Waals surface area contributed by atoms with Crippen LogP contribution < -0.4 is 22.1 Å². The van der Waals surface area contributed by atoms with Gasteiger partial charge in [-0.1, -0.05) is 55.3 Å². The summed E-state index contributed by atoms with van der Waals surface area (Å²) in [5.41, 5.74) is 9.99. The van der Waals surface area contributed by atoms with Crippen LogP contribution >= 0.6 is 90.2 Å². The summed E-state index contributed by atoms with van der Waals surface area (Å²) in [5, 5.41) is 4.76. The van der Waals surface area contributed by atoms with Crippen LogP contribution in [0.5, 0.6) is 0 Å². The van der Waals surface area contributed by atoms with Crippen LogP contribution in [0.2, 0.25) is 0 Å². The molecule has 47 heavy (non-hydrogen) atoms. The zero-order valence-corrected chi connectivity index (χ0v) is 35.5. The van der Waals surface area contributed by atoms with Crippen LogP contribution in [0.3, 0.4) is 0 Å². The highest BCUT2D eigenvalue weighted by Crippen LogP contribution is 2.28. The molecule has 20 heteroatoms. The van der Waals surface area contributed by atoms with Gasteiger partial charge < -0.3 is 31.6 Å². The quantitative estimate of drug-likeness (QED) is 0.142. The predicted octanol–water partition coefficient (Wildman–Crippen LogP) is 5.67. The molecule has 2 heterocycles. The summed E-state index contributed by atoms with van der Waals surface area (Å²) in [4.78, 5) is 54.9. The first-order chi connectivity index (χ1) is 22.7. The lowest BCUT2D eigenvalue weighted by Crippen LogP contribution is -2.20. The number of nitrogens with two attached hydrogens (primary N) is 2. The number of carbonyl (C=O) groups excluding carboxylic acids is 6. The van der Waals surface area contributed by atoms with Gasteiger partial charge >= 0.3 is 24.5 Å². The maximum atomic E-state index is 10.8. The van der Waals surface area contributed by atoms with Crippen LogP contribution in [-0.4, -0.2) is 126 Å². The van der Waals surface area contributed by atoms with E-state index in [2.05, 4.69) is 22.1 Å². The van der Waals surface area contributed by atoms with Gasteiger partial charge in [-0.3, -0.25) is 0 Å². The molecule has 6 N–H and O–H groups in total. The van der Waals surface area contributed by atoms with Gasteiger partial charge in [0, 0.05) is 47.8 Å². The summed E-state index contributed by atoms with van der Waals surface area (Å²) >= 11 is 7.50. The van der Waals surface area contributed by atoms with Crippen molar-refractivity contribution in [1.29, 1.82) is 0 Å². The SMILES string of the molecule is C1CS1.C1CS1.CN.CN.CNC(=O)OCCSSC.CNC(=O)OCc1ccc(SSC)cc1.CSC.CSC.O=C=O.O=C=O. The van der Waals surface area contributed by atoms with Crippen LogP contribution in [0, 0.1) is 0 Å². The van der Waals surface area contributed by atoms with E-state index in [1.807, 2.05) is 85.3 Å². The highest BCUT2D eigenvalue weighted by atomic mass is 33.1. The number of rotatable bonds is 8. The van der Waals surface area contributed by atoms with Crippen molar-refractivity contribution in [3.63, 3.8) is 0 Å². The molecular formula is C27H54N4O8S8. The smallest absolute Gasteiger partial charge is 0.407 e. The van der Waals surface area contributed by atoms with Crippen molar-refractivity contribution >= 4 is 115 Å². The Morgan fingerprint density at radius 1 is 0.723 bits per heavy atom. The van der Waals surface area contributed by atoms with E-state index in [1.165, 1.54) is 42.0 Å². The Morgan fingerprint density at radius 2 is 1.06 bits per heavy atom. The molecule has 1 aromatic carbocycles. The Balaban J connectivity index is -0.0000000860. The molecule has 0 aromatic heterocycles. The summed E-state index contributed by atoms with van der Waals surface area (Å²) in [6, 6.07) is 7.95. The number of benzene rings is 1. The normalized spacial score (nSPS) is 9.45. The number of amides is 2. The van der Waals surface area contributed by atoms with Crippen molar-refractivity contribution in [1.82, 2.24) is 10.6 Å². The second kappa shape index (κ2) is 67.4. The van der Waals surface area contributed by atoms with E-state index >= 15 is 0 Å². The molecule has 0 radical (unpaired) electrons. The molecule has 0 atom stereocenters. The minimum atomic E-state index is -0.405. The Bertz CT molecular complexity index is 765. The van der Waals surface area contributed by atoms with Gasteiger partial charge in [-0.15, -0.1) is 0 Å². The fraction of sp³-hybridized carbons (Fsp3) is 0.630. The van der Waals surface area contributed by atoms with E-state index in [0.717, 1.165) is 11.3 Å². The molecule has 0 spiro atoms. The third kappa shape index (κ3) is 98.9. The molecule has 1 aromatic rings. The summed E-state index contributed by atoms with van der Waals surface area (Å²) in [5.74, 6) is 6.51. The maximum Gasteiger partial charge on any atom is 0.407 e. The zero-order chi connectivity index (χ0) is 38.0. The van der Waals surface area contributed by atoms with Gasteiger partial charge in [0.1, 0.15) is 13.2 Å². The molecular weight excluding hydrogens is 765 g/mol. The number of carbonyl (C=O) groups is 2. The summed E-state index contributed by atoms with van der Waals surface area (Å²) in [6.07, 6.45) is 11.9. The molecule has 3 rings (SSSR count). The first kappa shape index (κ1) is 61.5. The number of alkyl carbamates (subject to hydrolysis) is 2. The monoisotopic (exact) mass is 818 g/mol. The predicted molar refractivity (Wildman–Crippen MR) is 215 cm³/mol. The third-order valence-corrected chi connectivity index (χ3v) is 7.11. The average Bonchev–Trinajstić information content (AvgIpc) is 3.98. The topological polar surface area (TPSA) is 197 Å². The highest BCUT2D eigenvalue weighted by molar-refractivity contribution is 8.76. The van der Waals surface area contributed by atoms with Crippen molar-refractivity contribution in [3.8, 4) is 0 Å². The standard InChI is InChI=1S/C10H13NO2S2.C5H11NO2S2.2C2H4S.2C2H6S.2CH5N.2CO2/c1-11-10(12)13-7-8-3-5-9(6-4-8)15-14-2;1-6-5(7)8-3-4-10-9-2;2*1-2-3-1;2*1-3-2;2*1-2;2*2-1-3/h3-6H,7H2,1-2H3,(H,11,12);3-4H2,1-2H3,(H,6,7);2*1-2H2;2*1-2H3;2*2H2,1H3;;. The second-order valence-electron chi connectivity index (χ2n) is 6.30. The lowest BCUT2D eigenvalue weighted by atomic mass is 10.2. The van der Waals surface area contributed by atoms with Gasteiger partial charge in [-0.2, -0.15) is 66.2 Å². The molecule has 0 unspecified atom stereocenters. The van der Waals surface area contributed by atoms with Crippen LogP contribution in [0.1, 0.15) is 5.56 Å². The summed E-state index contributed by atoms with van der Waals surface area (Å²) in [6.45, 7) is 0.787. The first-order valence-electron chi connectivity index (χ1n) is 13.0. The van der Waals surface area contributed by atoms with Gasteiger partial charge in [0.2, 0.25) is 0 Å². The van der Waals surface area contributed by atoms with Gasteiger partial charge in [-0.05, 0) is 69.3 Å². The molecule has 2 aliphatic rings. The van der Waals surface area contributed by atoms with E-state index in [-0.39, 0.29) is 18.4 Å². The van der Waals surface area contributed by atoms with E-state index in [0.29, 0.717) is 13.2 Å². The number of nitrogens with one attached hydrogen (secondary N) is 2. The van der Waals surface area contributed by atoms with E-state index in [1.54, 1.807) is 80.8 Å². The number of ether oxygens (including phenoxy) is 2. The minimum Gasteiger partial charge on any atom is -0.449 e. The van der Waals surface area contributed by atoms with Gasteiger partial charge in [0.05, 0.1) is 0 Å². The molecule has 0 aliphatic carbocycles.